The molecule has 0 bridgehead atoms. The number of carbonyl (C=O) groups excluding carboxylic acids is 1. The van der Waals surface area contributed by atoms with Crippen molar-refractivity contribution in [1.82, 2.24) is 9.97 Å². The van der Waals surface area contributed by atoms with Crippen LogP contribution in [-0.2, 0) is 14.9 Å². The van der Waals surface area contributed by atoms with E-state index in [1.807, 2.05) is 32.9 Å². The standard InChI is InChI=1S/C19H19N3O5/c1-19(2,3)9-5-6-10-11(7-9)15(20-12(10)8-13(23)27-4)14-16(24)21-18(26)22-17(14)25/h5-8H,1-4H3,(H3,21,22,24,25,26)/b12-8-. The Balaban J connectivity index is 2.31. The fourth-order valence-electron chi connectivity index (χ4n) is 2.84. The van der Waals surface area contributed by atoms with Crippen molar-refractivity contribution >= 4 is 17.4 Å². The molecule has 0 fully saturated rings. The van der Waals surface area contributed by atoms with Gasteiger partial charge in [0.25, 0.3) is 5.56 Å². The van der Waals surface area contributed by atoms with Crippen LogP contribution in [0.2, 0.25) is 0 Å². The predicted molar refractivity (Wildman–Crippen MR) is 100 cm³/mol. The van der Waals surface area contributed by atoms with E-state index in [9.17, 15) is 19.5 Å². The molecular formula is C19H19N3O5. The number of carbonyl (C=O) groups is 1. The predicted octanol–water partition coefficient (Wildman–Crippen LogP) is 1.43. The molecule has 8 heteroatoms. The topological polar surface area (TPSA) is 125 Å². The number of esters is 1. The monoisotopic (exact) mass is 369 g/mol. The summed E-state index contributed by atoms with van der Waals surface area (Å²) in [7, 11) is 1.25. The summed E-state index contributed by atoms with van der Waals surface area (Å²) in [5.74, 6) is -1.19. The van der Waals surface area contributed by atoms with Gasteiger partial charge in [-0.05, 0) is 17.0 Å². The Bertz CT molecular complexity index is 1110. The number of aromatic amines is 2. The number of benzene rings is 1. The van der Waals surface area contributed by atoms with Crippen LogP contribution in [0.15, 0.2) is 38.9 Å². The van der Waals surface area contributed by atoms with E-state index in [1.165, 1.54) is 13.2 Å². The van der Waals surface area contributed by atoms with Gasteiger partial charge in [0.15, 0.2) is 0 Å². The van der Waals surface area contributed by atoms with Crippen molar-refractivity contribution in [3.63, 3.8) is 0 Å². The van der Waals surface area contributed by atoms with E-state index < -0.39 is 23.1 Å². The van der Waals surface area contributed by atoms with Gasteiger partial charge in [-0.15, -0.1) is 0 Å². The van der Waals surface area contributed by atoms with Crippen molar-refractivity contribution in [1.29, 1.82) is 0 Å². The zero-order valence-electron chi connectivity index (χ0n) is 15.3. The number of rotatable bonds is 2. The number of fused-ring (bicyclic) bond motifs is 1. The normalized spacial score (nSPS) is 14.8. The molecule has 0 unspecified atom stereocenters. The van der Waals surface area contributed by atoms with Crippen molar-refractivity contribution in [3.8, 4) is 5.88 Å². The lowest BCUT2D eigenvalue weighted by molar-refractivity contribution is -0.134. The van der Waals surface area contributed by atoms with Crippen LogP contribution >= 0.6 is 0 Å². The van der Waals surface area contributed by atoms with Gasteiger partial charge in [0.1, 0.15) is 5.56 Å². The van der Waals surface area contributed by atoms with E-state index in [-0.39, 0.29) is 16.7 Å². The lowest BCUT2D eigenvalue weighted by Gasteiger charge is -2.20. The number of aromatic hydroxyl groups is 1. The van der Waals surface area contributed by atoms with Gasteiger partial charge in [0, 0.05) is 17.2 Å². The molecule has 140 valence electrons. The molecule has 2 aromatic rings. The van der Waals surface area contributed by atoms with Crippen LogP contribution in [0.1, 0.15) is 43.0 Å². The molecule has 1 aromatic heterocycles. The Morgan fingerprint density at radius 3 is 2.48 bits per heavy atom. The molecule has 1 aliphatic heterocycles. The van der Waals surface area contributed by atoms with E-state index in [0.717, 1.165) is 5.56 Å². The number of H-pyrrole nitrogens is 2. The van der Waals surface area contributed by atoms with Gasteiger partial charge in [-0.1, -0.05) is 32.9 Å². The van der Waals surface area contributed by atoms with Crippen LogP contribution < -0.4 is 11.2 Å². The molecular weight excluding hydrogens is 350 g/mol. The second-order valence-electron chi connectivity index (χ2n) is 7.16. The number of hydrogen-bond donors (Lipinski definition) is 3. The molecule has 0 saturated heterocycles. The number of nitrogens with zero attached hydrogens (tertiary/aromatic N) is 1. The number of aromatic nitrogens is 2. The van der Waals surface area contributed by atoms with E-state index in [0.29, 0.717) is 16.8 Å². The molecule has 1 aliphatic rings. The first-order valence-electron chi connectivity index (χ1n) is 8.21. The highest BCUT2D eigenvalue weighted by Gasteiger charge is 2.28. The minimum Gasteiger partial charge on any atom is -0.494 e. The second-order valence-corrected chi connectivity index (χ2v) is 7.16. The first kappa shape index (κ1) is 18.4. The molecule has 8 nitrogen and oxygen atoms in total. The summed E-state index contributed by atoms with van der Waals surface area (Å²) in [5.41, 5.74) is 0.700. The summed E-state index contributed by atoms with van der Waals surface area (Å²) < 4.78 is 4.66. The summed E-state index contributed by atoms with van der Waals surface area (Å²) in [6, 6.07) is 5.58. The first-order valence-corrected chi connectivity index (χ1v) is 8.21. The van der Waals surface area contributed by atoms with E-state index in [4.69, 9.17) is 0 Å². The minimum atomic E-state index is -0.825. The quantitative estimate of drug-likeness (QED) is 0.546. The average Bonchev–Trinajstić information content (AvgIpc) is 2.91. The van der Waals surface area contributed by atoms with Crippen LogP contribution in [0.4, 0.5) is 0 Å². The summed E-state index contributed by atoms with van der Waals surface area (Å²) in [4.78, 5) is 44.0. The number of hydrogen-bond acceptors (Lipinski definition) is 6. The Morgan fingerprint density at radius 2 is 1.89 bits per heavy atom. The number of aliphatic imine (C=N–C) groups is 1. The van der Waals surface area contributed by atoms with Crippen LogP contribution in [0.5, 0.6) is 5.88 Å². The van der Waals surface area contributed by atoms with E-state index in [1.54, 1.807) is 6.07 Å². The molecule has 27 heavy (non-hydrogen) atoms. The molecule has 0 radical (unpaired) electrons. The highest BCUT2D eigenvalue weighted by atomic mass is 16.5. The zero-order chi connectivity index (χ0) is 19.9. The average molecular weight is 369 g/mol. The molecule has 1 aromatic carbocycles. The summed E-state index contributed by atoms with van der Waals surface area (Å²) in [5, 5.41) is 10.1. The molecule has 3 N–H and O–H groups in total. The highest BCUT2D eigenvalue weighted by Crippen LogP contribution is 2.35. The van der Waals surface area contributed by atoms with Crippen molar-refractivity contribution in [2.45, 2.75) is 26.2 Å². The van der Waals surface area contributed by atoms with Gasteiger partial charge in [-0.25, -0.2) is 14.6 Å². The Labute approximate surface area is 154 Å². The van der Waals surface area contributed by atoms with Crippen molar-refractivity contribution in [3.05, 3.63) is 67.4 Å². The number of methoxy groups -OCH3 is 1. The van der Waals surface area contributed by atoms with Gasteiger partial charge in [-0.2, -0.15) is 0 Å². The van der Waals surface area contributed by atoms with Crippen LogP contribution in [0.25, 0.3) is 5.70 Å². The molecule has 0 amide bonds. The number of ether oxygens (including phenoxy) is 1. The van der Waals surface area contributed by atoms with Gasteiger partial charge < -0.3 is 9.84 Å². The van der Waals surface area contributed by atoms with E-state index >= 15 is 0 Å². The fraction of sp³-hybridized carbons (Fsp3) is 0.263. The largest absolute Gasteiger partial charge is 0.494 e. The summed E-state index contributed by atoms with van der Waals surface area (Å²) in [6.07, 6.45) is 1.21. The second kappa shape index (κ2) is 6.39. The lowest BCUT2D eigenvalue weighted by atomic mass is 9.84. The van der Waals surface area contributed by atoms with E-state index in [2.05, 4.69) is 19.7 Å². The Morgan fingerprint density at radius 1 is 1.19 bits per heavy atom. The number of nitrogens with one attached hydrogen (secondary N) is 2. The van der Waals surface area contributed by atoms with Crippen molar-refractivity contribution < 1.29 is 14.6 Å². The van der Waals surface area contributed by atoms with Crippen LogP contribution in [-0.4, -0.2) is 33.9 Å². The maximum atomic E-state index is 12.3. The molecule has 0 spiro atoms. The summed E-state index contributed by atoms with van der Waals surface area (Å²) in [6.45, 7) is 6.11. The van der Waals surface area contributed by atoms with Gasteiger partial charge in [0.05, 0.1) is 18.5 Å². The highest BCUT2D eigenvalue weighted by molar-refractivity contribution is 6.22. The van der Waals surface area contributed by atoms with Crippen LogP contribution in [0.3, 0.4) is 0 Å². The molecule has 0 atom stereocenters. The van der Waals surface area contributed by atoms with Gasteiger partial charge in [-0.3, -0.25) is 14.8 Å². The minimum absolute atomic E-state index is 0.168. The zero-order valence-corrected chi connectivity index (χ0v) is 15.3. The van der Waals surface area contributed by atoms with Gasteiger partial charge in [0.2, 0.25) is 5.88 Å². The third kappa shape index (κ3) is 3.33. The maximum Gasteiger partial charge on any atom is 0.332 e. The molecule has 0 saturated carbocycles. The summed E-state index contributed by atoms with van der Waals surface area (Å²) >= 11 is 0. The Kier molecular flexibility index (Phi) is 4.35. The third-order valence-electron chi connectivity index (χ3n) is 4.26. The maximum absolute atomic E-state index is 12.3. The van der Waals surface area contributed by atoms with Gasteiger partial charge >= 0.3 is 11.7 Å². The van der Waals surface area contributed by atoms with Crippen LogP contribution in [0, 0.1) is 0 Å². The lowest BCUT2D eigenvalue weighted by Crippen LogP contribution is -2.28. The third-order valence-corrected chi connectivity index (χ3v) is 4.26. The smallest absolute Gasteiger partial charge is 0.332 e. The molecule has 2 heterocycles. The molecule has 0 aliphatic carbocycles. The first-order chi connectivity index (χ1) is 12.6. The van der Waals surface area contributed by atoms with Crippen molar-refractivity contribution in [2.24, 2.45) is 4.99 Å². The molecule has 3 rings (SSSR count). The van der Waals surface area contributed by atoms with Crippen molar-refractivity contribution in [2.75, 3.05) is 7.11 Å². The Hall–Kier alpha value is -3.42. The SMILES string of the molecule is COC(=O)/C=C1\N=C(c2c(O)[nH]c(=O)[nH]c2=O)c2cc(C(C)(C)C)ccc21. The fourth-order valence-corrected chi connectivity index (χ4v) is 2.84.